The third-order valence-corrected chi connectivity index (χ3v) is 8.39. The zero-order valence-electron chi connectivity index (χ0n) is 21.3. The molecule has 0 saturated carbocycles. The predicted molar refractivity (Wildman–Crippen MR) is 142 cm³/mol. The summed E-state index contributed by atoms with van der Waals surface area (Å²) >= 11 is 1.78. The summed E-state index contributed by atoms with van der Waals surface area (Å²) in [5, 5.41) is 2.13. The molecule has 1 saturated heterocycles. The highest BCUT2D eigenvalue weighted by molar-refractivity contribution is 7.10. The van der Waals surface area contributed by atoms with Crippen molar-refractivity contribution in [2.75, 3.05) is 26.2 Å². The van der Waals surface area contributed by atoms with Crippen LogP contribution in [-0.4, -0.2) is 54.0 Å². The fourth-order valence-corrected chi connectivity index (χ4v) is 6.30. The Morgan fingerprint density at radius 1 is 1.11 bits per heavy atom. The molecular formula is C29H40N2O3S. The van der Waals surface area contributed by atoms with Crippen LogP contribution >= 0.6 is 11.3 Å². The summed E-state index contributed by atoms with van der Waals surface area (Å²) in [4.78, 5) is 32.2. The summed E-state index contributed by atoms with van der Waals surface area (Å²) in [5.74, 6) is 0.124. The maximum absolute atomic E-state index is 13.8. The van der Waals surface area contributed by atoms with Gasteiger partial charge in [0.1, 0.15) is 0 Å². The van der Waals surface area contributed by atoms with Gasteiger partial charge in [0.05, 0.1) is 18.7 Å². The number of carbonyl (C=O) groups is 2. The molecule has 3 heterocycles. The highest BCUT2D eigenvalue weighted by Crippen LogP contribution is 2.39. The van der Waals surface area contributed by atoms with Crippen LogP contribution in [0.3, 0.4) is 0 Å². The van der Waals surface area contributed by atoms with Gasteiger partial charge in [-0.25, -0.2) is 0 Å². The van der Waals surface area contributed by atoms with Crippen LogP contribution in [0.15, 0.2) is 35.7 Å². The van der Waals surface area contributed by atoms with Crippen molar-refractivity contribution in [3.05, 3.63) is 57.3 Å². The minimum atomic E-state index is -0.0903. The van der Waals surface area contributed by atoms with Crippen molar-refractivity contribution in [3.8, 4) is 0 Å². The normalized spacial score (nSPS) is 19.5. The molecule has 1 aromatic carbocycles. The van der Waals surface area contributed by atoms with Crippen LogP contribution < -0.4 is 0 Å². The number of amides is 2. The summed E-state index contributed by atoms with van der Waals surface area (Å²) < 4.78 is 5.84. The molecule has 1 aromatic heterocycles. The van der Waals surface area contributed by atoms with Crippen LogP contribution in [0.25, 0.3) is 0 Å². The number of aryl methyl sites for hydroxylation is 1. The molecule has 0 bridgehead atoms. The first-order chi connectivity index (χ1) is 17.1. The zero-order chi connectivity index (χ0) is 24.6. The molecule has 2 amide bonds. The molecule has 2 unspecified atom stereocenters. The van der Waals surface area contributed by atoms with Gasteiger partial charge in [-0.2, -0.15) is 0 Å². The first kappa shape index (κ1) is 25.9. The van der Waals surface area contributed by atoms with Crippen molar-refractivity contribution in [1.29, 1.82) is 0 Å². The molecular weight excluding hydrogens is 456 g/mol. The van der Waals surface area contributed by atoms with E-state index in [4.69, 9.17) is 4.74 Å². The molecule has 2 aromatic rings. The highest BCUT2D eigenvalue weighted by atomic mass is 32.1. The smallest absolute Gasteiger partial charge is 0.242 e. The molecule has 0 radical (unpaired) electrons. The van der Waals surface area contributed by atoms with Gasteiger partial charge in [-0.3, -0.25) is 9.59 Å². The van der Waals surface area contributed by atoms with Gasteiger partial charge in [-0.15, -0.1) is 11.3 Å². The molecule has 5 nitrogen and oxygen atoms in total. The van der Waals surface area contributed by atoms with E-state index in [0.29, 0.717) is 19.5 Å². The number of fused-ring (bicyclic) bond motifs is 1. The largest absolute Gasteiger partial charge is 0.376 e. The van der Waals surface area contributed by atoms with E-state index >= 15 is 0 Å². The summed E-state index contributed by atoms with van der Waals surface area (Å²) in [7, 11) is 0. The number of nitrogens with zero attached hydrogens (tertiary/aromatic N) is 2. The van der Waals surface area contributed by atoms with Gasteiger partial charge in [0, 0.05) is 31.0 Å². The van der Waals surface area contributed by atoms with Gasteiger partial charge in [0.2, 0.25) is 11.8 Å². The number of thiophene rings is 1. The van der Waals surface area contributed by atoms with E-state index in [9.17, 15) is 9.59 Å². The maximum Gasteiger partial charge on any atom is 0.242 e. The summed E-state index contributed by atoms with van der Waals surface area (Å²) in [6, 6.07) is 10.4. The number of benzene rings is 1. The molecule has 1 fully saturated rings. The van der Waals surface area contributed by atoms with Crippen LogP contribution in [0.5, 0.6) is 0 Å². The minimum Gasteiger partial charge on any atom is -0.376 e. The fraction of sp³-hybridized carbons (Fsp3) is 0.586. The second kappa shape index (κ2) is 12.7. The van der Waals surface area contributed by atoms with Gasteiger partial charge in [0.25, 0.3) is 0 Å². The second-order valence-corrected chi connectivity index (χ2v) is 11.0. The van der Waals surface area contributed by atoms with E-state index in [1.165, 1.54) is 40.8 Å². The second-order valence-electron chi connectivity index (χ2n) is 9.97. The first-order valence-corrected chi connectivity index (χ1v) is 14.3. The molecule has 2 aliphatic heterocycles. The summed E-state index contributed by atoms with van der Waals surface area (Å²) in [6.45, 7) is 6.40. The van der Waals surface area contributed by atoms with Crippen molar-refractivity contribution in [1.82, 2.24) is 9.80 Å². The number of hydrogen-bond donors (Lipinski definition) is 0. The van der Waals surface area contributed by atoms with Gasteiger partial charge < -0.3 is 14.5 Å². The Labute approximate surface area is 214 Å². The Hall–Kier alpha value is -2.18. The average Bonchev–Trinajstić information content (AvgIpc) is 3.55. The molecule has 0 spiro atoms. The standard InChI is InChI=1S/C29H40N2O3S/c1-3-4-5-6-7-14-27(32)30(20-23-12-10-18-34-23)21-28(33)31-17-15-26-25(16-19-35-26)29(31)24-13-9-8-11-22(24)2/h8-9,11,13,16,19,23,29H,3-7,10,12,14-15,17-18,20-21H2,1-2H3. The number of rotatable bonds is 11. The fourth-order valence-electron chi connectivity index (χ4n) is 5.39. The zero-order valence-corrected chi connectivity index (χ0v) is 22.2. The Morgan fingerprint density at radius 3 is 2.71 bits per heavy atom. The Balaban J connectivity index is 1.50. The molecule has 2 aliphatic rings. The van der Waals surface area contributed by atoms with Crippen LogP contribution in [0, 0.1) is 6.92 Å². The topological polar surface area (TPSA) is 49.9 Å². The number of unbranched alkanes of at least 4 members (excludes halogenated alkanes) is 4. The van der Waals surface area contributed by atoms with E-state index in [0.717, 1.165) is 38.7 Å². The first-order valence-electron chi connectivity index (χ1n) is 13.4. The Bertz CT molecular complexity index is 982. The third-order valence-electron chi connectivity index (χ3n) is 7.39. The van der Waals surface area contributed by atoms with Crippen LogP contribution in [-0.2, 0) is 20.7 Å². The Morgan fingerprint density at radius 2 is 1.94 bits per heavy atom. The van der Waals surface area contributed by atoms with E-state index in [1.54, 1.807) is 16.2 Å². The van der Waals surface area contributed by atoms with Crippen LogP contribution in [0.1, 0.15) is 85.9 Å². The molecule has 2 atom stereocenters. The van der Waals surface area contributed by atoms with Gasteiger partial charge >= 0.3 is 0 Å². The average molecular weight is 497 g/mol. The number of ether oxygens (including phenoxy) is 1. The molecule has 0 N–H and O–H groups in total. The highest BCUT2D eigenvalue weighted by Gasteiger charge is 2.35. The SMILES string of the molecule is CCCCCCCC(=O)N(CC(=O)N1CCc2sccc2C1c1ccccc1C)CC1CCCO1. The maximum atomic E-state index is 13.8. The van der Waals surface area contributed by atoms with E-state index in [2.05, 4.69) is 43.5 Å². The lowest BCUT2D eigenvalue weighted by Gasteiger charge is -2.38. The minimum absolute atomic E-state index is 0.0347. The molecule has 4 rings (SSSR count). The van der Waals surface area contributed by atoms with E-state index in [1.807, 2.05) is 11.0 Å². The van der Waals surface area contributed by atoms with Gasteiger partial charge in [-0.1, -0.05) is 56.9 Å². The number of hydrogen-bond acceptors (Lipinski definition) is 4. The summed E-state index contributed by atoms with van der Waals surface area (Å²) in [5.41, 5.74) is 3.60. The lowest BCUT2D eigenvalue weighted by molar-refractivity contribution is -0.143. The summed E-state index contributed by atoms with van der Waals surface area (Å²) in [6.07, 6.45) is 8.96. The monoisotopic (exact) mass is 496 g/mol. The van der Waals surface area contributed by atoms with Crippen molar-refractivity contribution in [2.24, 2.45) is 0 Å². The van der Waals surface area contributed by atoms with Crippen molar-refractivity contribution in [3.63, 3.8) is 0 Å². The lowest BCUT2D eigenvalue weighted by atomic mass is 9.90. The van der Waals surface area contributed by atoms with E-state index in [-0.39, 0.29) is 30.5 Å². The third kappa shape index (κ3) is 6.53. The molecule has 0 aliphatic carbocycles. The van der Waals surface area contributed by atoms with Gasteiger partial charge in [0.15, 0.2) is 0 Å². The number of carbonyl (C=O) groups excluding carboxylic acids is 2. The van der Waals surface area contributed by atoms with Crippen molar-refractivity contribution < 1.29 is 14.3 Å². The molecule has 35 heavy (non-hydrogen) atoms. The van der Waals surface area contributed by atoms with Crippen LogP contribution in [0.2, 0.25) is 0 Å². The Kier molecular flexibility index (Phi) is 9.38. The molecule has 6 heteroatoms. The van der Waals surface area contributed by atoms with E-state index < -0.39 is 0 Å². The predicted octanol–water partition coefficient (Wildman–Crippen LogP) is 5.90. The van der Waals surface area contributed by atoms with Crippen molar-refractivity contribution >= 4 is 23.2 Å². The quantitative estimate of drug-likeness (QED) is 0.364. The van der Waals surface area contributed by atoms with Crippen LogP contribution in [0.4, 0.5) is 0 Å². The lowest BCUT2D eigenvalue weighted by Crippen LogP contribution is -2.48. The van der Waals surface area contributed by atoms with Crippen molar-refractivity contribution in [2.45, 2.75) is 83.8 Å². The molecule has 190 valence electrons. The van der Waals surface area contributed by atoms with Gasteiger partial charge in [-0.05, 0) is 60.7 Å².